The van der Waals surface area contributed by atoms with Gasteiger partial charge in [-0.1, -0.05) is 19.9 Å². The zero-order valence-electron chi connectivity index (χ0n) is 12.1. The molecule has 0 unspecified atom stereocenters. The average Bonchev–Trinajstić information content (AvgIpc) is 2.42. The molecule has 1 atom stereocenters. The van der Waals surface area contributed by atoms with E-state index in [0.717, 1.165) is 38.5 Å². The molecule has 1 fully saturated rings. The van der Waals surface area contributed by atoms with E-state index in [-0.39, 0.29) is 0 Å². The number of hydrogen-bond donors (Lipinski definition) is 2. The zero-order valence-corrected chi connectivity index (χ0v) is 12.1. The Morgan fingerprint density at radius 3 is 2.68 bits per heavy atom. The lowest BCUT2D eigenvalue weighted by Crippen LogP contribution is -2.45. The van der Waals surface area contributed by atoms with Crippen molar-refractivity contribution in [3.63, 3.8) is 0 Å². The summed E-state index contributed by atoms with van der Waals surface area (Å²) in [6.07, 6.45) is 4.16. The number of aromatic nitrogens is 1. The zero-order chi connectivity index (χ0) is 13.7. The Bertz CT molecular complexity index is 385. The van der Waals surface area contributed by atoms with Crippen LogP contribution in [0.25, 0.3) is 0 Å². The molecule has 3 N–H and O–H groups in total. The van der Waals surface area contributed by atoms with Crippen molar-refractivity contribution in [1.29, 1.82) is 0 Å². The molecular weight excluding hydrogens is 236 g/mol. The molecule has 1 aliphatic heterocycles. The van der Waals surface area contributed by atoms with Crippen LogP contribution in [-0.4, -0.2) is 36.1 Å². The number of pyridine rings is 1. The minimum absolute atomic E-state index is 0.415. The van der Waals surface area contributed by atoms with Gasteiger partial charge >= 0.3 is 0 Å². The van der Waals surface area contributed by atoms with Crippen LogP contribution in [0.3, 0.4) is 0 Å². The quantitative estimate of drug-likeness (QED) is 0.852. The average molecular weight is 262 g/mol. The van der Waals surface area contributed by atoms with Crippen LogP contribution in [0.1, 0.15) is 38.3 Å². The fourth-order valence-electron chi connectivity index (χ4n) is 2.73. The Morgan fingerprint density at radius 1 is 1.32 bits per heavy atom. The number of nitrogens with one attached hydrogen (secondary N) is 1. The second kappa shape index (κ2) is 6.87. The molecule has 2 rings (SSSR count). The van der Waals surface area contributed by atoms with Gasteiger partial charge < -0.3 is 11.1 Å². The number of nitrogens with two attached hydrogens (primary N) is 1. The summed E-state index contributed by atoms with van der Waals surface area (Å²) in [6.45, 7) is 8.88. The molecule has 0 aromatic carbocycles. The third-order valence-corrected chi connectivity index (χ3v) is 3.84. The van der Waals surface area contributed by atoms with Crippen molar-refractivity contribution >= 4 is 5.82 Å². The van der Waals surface area contributed by atoms with Gasteiger partial charge in [-0.15, -0.1) is 0 Å². The lowest BCUT2D eigenvalue weighted by Gasteiger charge is -2.36. The molecule has 0 spiro atoms. The first kappa shape index (κ1) is 14.3. The van der Waals surface area contributed by atoms with Crippen molar-refractivity contribution in [3.8, 4) is 0 Å². The fourth-order valence-corrected chi connectivity index (χ4v) is 2.73. The number of rotatable bonds is 5. The van der Waals surface area contributed by atoms with Gasteiger partial charge in [-0.25, -0.2) is 4.98 Å². The van der Waals surface area contributed by atoms with Crippen molar-refractivity contribution in [3.05, 3.63) is 23.9 Å². The molecule has 1 saturated heterocycles. The lowest BCUT2D eigenvalue weighted by molar-refractivity contribution is 0.160. The first-order valence-electron chi connectivity index (χ1n) is 7.33. The highest BCUT2D eigenvalue weighted by Gasteiger charge is 2.24. The van der Waals surface area contributed by atoms with Gasteiger partial charge in [-0.05, 0) is 24.8 Å². The summed E-state index contributed by atoms with van der Waals surface area (Å²) in [5.41, 5.74) is 7.28. The molecule has 4 heteroatoms. The lowest BCUT2D eigenvalue weighted by atomic mass is 9.96. The number of nitrogen functional groups attached to an aromatic ring is 1. The van der Waals surface area contributed by atoms with E-state index in [1.807, 2.05) is 6.07 Å². The maximum atomic E-state index is 6.08. The summed E-state index contributed by atoms with van der Waals surface area (Å²) in [6, 6.07) is 4.55. The van der Waals surface area contributed by atoms with E-state index in [4.69, 9.17) is 5.73 Å². The van der Waals surface area contributed by atoms with Crippen LogP contribution in [0.5, 0.6) is 0 Å². The first-order chi connectivity index (χ1) is 9.18. The molecule has 0 aliphatic carbocycles. The molecule has 106 valence electrons. The molecular formula is C15H26N4. The molecule has 0 radical (unpaired) electrons. The Morgan fingerprint density at radius 2 is 2.05 bits per heavy atom. The van der Waals surface area contributed by atoms with Gasteiger partial charge in [0.1, 0.15) is 5.82 Å². The maximum Gasteiger partial charge on any atom is 0.128 e. The minimum Gasteiger partial charge on any atom is -0.383 e. The summed E-state index contributed by atoms with van der Waals surface area (Å²) in [4.78, 5) is 6.81. The molecule has 1 aliphatic rings. The van der Waals surface area contributed by atoms with Gasteiger partial charge in [0.15, 0.2) is 0 Å². The topological polar surface area (TPSA) is 54.2 Å². The van der Waals surface area contributed by atoms with Gasteiger partial charge in [0.25, 0.3) is 0 Å². The summed E-state index contributed by atoms with van der Waals surface area (Å²) in [5.74, 6) is 1.41. The van der Waals surface area contributed by atoms with E-state index in [1.165, 1.54) is 12.0 Å². The van der Waals surface area contributed by atoms with E-state index >= 15 is 0 Å². The van der Waals surface area contributed by atoms with Crippen LogP contribution in [0.15, 0.2) is 18.3 Å². The van der Waals surface area contributed by atoms with Crippen LogP contribution in [-0.2, 0) is 0 Å². The van der Waals surface area contributed by atoms with Gasteiger partial charge in [-0.3, -0.25) is 4.90 Å². The molecule has 0 amide bonds. The van der Waals surface area contributed by atoms with Crippen LogP contribution < -0.4 is 11.1 Å². The van der Waals surface area contributed by atoms with Crippen LogP contribution in [0, 0.1) is 5.92 Å². The van der Waals surface area contributed by atoms with E-state index in [1.54, 1.807) is 6.20 Å². The highest BCUT2D eigenvalue weighted by Crippen LogP contribution is 2.30. The fraction of sp³-hybridized carbons (Fsp3) is 0.667. The molecule has 2 heterocycles. The van der Waals surface area contributed by atoms with Crippen molar-refractivity contribution in [2.24, 2.45) is 5.92 Å². The smallest absolute Gasteiger partial charge is 0.128 e. The number of nitrogens with zero attached hydrogens (tertiary/aromatic N) is 2. The molecule has 1 aromatic heterocycles. The van der Waals surface area contributed by atoms with Gasteiger partial charge in [0.05, 0.1) is 0 Å². The van der Waals surface area contributed by atoms with Gasteiger partial charge in [-0.2, -0.15) is 0 Å². The highest BCUT2D eigenvalue weighted by atomic mass is 15.2. The largest absolute Gasteiger partial charge is 0.383 e. The maximum absolute atomic E-state index is 6.08. The molecule has 1 aromatic rings. The van der Waals surface area contributed by atoms with Crippen molar-refractivity contribution in [1.82, 2.24) is 15.2 Å². The van der Waals surface area contributed by atoms with Crippen molar-refractivity contribution < 1.29 is 0 Å². The first-order valence-corrected chi connectivity index (χ1v) is 7.33. The van der Waals surface area contributed by atoms with Crippen molar-refractivity contribution in [2.45, 2.75) is 32.7 Å². The predicted molar refractivity (Wildman–Crippen MR) is 79.9 cm³/mol. The van der Waals surface area contributed by atoms with Gasteiger partial charge in [0.2, 0.25) is 0 Å². The predicted octanol–water partition coefficient (Wildman–Crippen LogP) is 2.05. The van der Waals surface area contributed by atoms with Gasteiger partial charge in [0, 0.05) is 44.0 Å². The van der Waals surface area contributed by atoms with E-state index in [0.29, 0.717) is 11.9 Å². The second-order valence-electron chi connectivity index (χ2n) is 5.75. The third kappa shape index (κ3) is 3.91. The SMILES string of the molecule is CC(C)CC[C@H](c1cccnc1N)N1CCNCC1. The number of anilines is 1. The van der Waals surface area contributed by atoms with Crippen LogP contribution >= 0.6 is 0 Å². The molecule has 0 bridgehead atoms. The van der Waals surface area contributed by atoms with E-state index in [2.05, 4.69) is 35.1 Å². The Labute approximate surface area is 116 Å². The van der Waals surface area contributed by atoms with Crippen LogP contribution in [0.2, 0.25) is 0 Å². The van der Waals surface area contributed by atoms with E-state index < -0.39 is 0 Å². The highest BCUT2D eigenvalue weighted by molar-refractivity contribution is 5.40. The molecule has 4 nitrogen and oxygen atoms in total. The molecule has 0 saturated carbocycles. The van der Waals surface area contributed by atoms with E-state index in [9.17, 15) is 0 Å². The minimum atomic E-state index is 0.415. The Balaban J connectivity index is 2.15. The molecule has 19 heavy (non-hydrogen) atoms. The standard InChI is InChI=1S/C15H26N4/c1-12(2)5-6-14(19-10-8-17-9-11-19)13-4-3-7-18-15(13)16/h3-4,7,12,14,17H,5-6,8-11H2,1-2H3,(H2,16,18)/t14-/m1/s1. The Kier molecular flexibility index (Phi) is 5.16. The summed E-state index contributed by atoms with van der Waals surface area (Å²) >= 11 is 0. The number of piperazine rings is 1. The monoisotopic (exact) mass is 262 g/mol. The summed E-state index contributed by atoms with van der Waals surface area (Å²) in [7, 11) is 0. The Hall–Kier alpha value is -1.13. The third-order valence-electron chi connectivity index (χ3n) is 3.84. The normalized spacial score (nSPS) is 18.7. The second-order valence-corrected chi connectivity index (χ2v) is 5.75. The van der Waals surface area contributed by atoms with Crippen molar-refractivity contribution in [2.75, 3.05) is 31.9 Å². The summed E-state index contributed by atoms with van der Waals surface area (Å²) < 4.78 is 0. The number of hydrogen-bond acceptors (Lipinski definition) is 4. The van der Waals surface area contributed by atoms with Crippen LogP contribution in [0.4, 0.5) is 5.82 Å². The summed E-state index contributed by atoms with van der Waals surface area (Å²) in [5, 5.41) is 3.41.